The summed E-state index contributed by atoms with van der Waals surface area (Å²) in [5.41, 5.74) is 6.68. The van der Waals surface area contributed by atoms with Crippen LogP contribution in [0.1, 0.15) is 10.4 Å². The van der Waals surface area contributed by atoms with Gasteiger partial charge in [0.1, 0.15) is 0 Å². The molecular weight excluding hydrogens is 328 g/mol. The Balaban J connectivity index is 2.16. The molecule has 1 heterocycles. The lowest BCUT2D eigenvalue weighted by Crippen LogP contribution is -2.49. The van der Waals surface area contributed by atoms with Gasteiger partial charge in [0.15, 0.2) is 6.10 Å². The van der Waals surface area contributed by atoms with Gasteiger partial charge in [-0.3, -0.25) is 4.79 Å². The fourth-order valence-corrected chi connectivity index (χ4v) is 2.40. The average Bonchev–Trinajstić information content (AvgIpc) is 2.48. The van der Waals surface area contributed by atoms with Gasteiger partial charge >= 0.3 is 5.97 Å². The molecule has 7 heteroatoms. The van der Waals surface area contributed by atoms with Crippen LogP contribution in [0.2, 0.25) is 0 Å². The standard InChI is InChI=1S/C13H15BrN2O4/c1-19-13(18)11-7-16(4-5-20-11)12(17)9-6-8(15)2-3-10(9)14/h2-3,6,11H,4-5,7,15H2,1H3. The quantitative estimate of drug-likeness (QED) is 0.641. The number of esters is 1. The molecule has 1 fully saturated rings. The SMILES string of the molecule is COC(=O)C1CN(C(=O)c2cc(N)ccc2Br)CCO1. The molecule has 1 unspecified atom stereocenters. The average molecular weight is 343 g/mol. The molecule has 0 aliphatic carbocycles. The zero-order valence-corrected chi connectivity index (χ0v) is 12.6. The van der Waals surface area contributed by atoms with E-state index in [1.165, 1.54) is 7.11 Å². The second-order valence-electron chi connectivity index (χ2n) is 4.37. The molecule has 0 spiro atoms. The van der Waals surface area contributed by atoms with Gasteiger partial charge in [0.2, 0.25) is 0 Å². The summed E-state index contributed by atoms with van der Waals surface area (Å²) in [5, 5.41) is 0. The predicted octanol–water partition coefficient (Wildman–Crippen LogP) is 1.05. The lowest BCUT2D eigenvalue weighted by atomic mass is 10.1. The Hall–Kier alpha value is -1.60. The Bertz CT molecular complexity index is 535. The number of halogens is 1. The van der Waals surface area contributed by atoms with Crippen LogP contribution < -0.4 is 5.73 Å². The van der Waals surface area contributed by atoms with Crippen molar-refractivity contribution in [3.63, 3.8) is 0 Å². The van der Waals surface area contributed by atoms with E-state index in [1.807, 2.05) is 0 Å². The van der Waals surface area contributed by atoms with Gasteiger partial charge in [-0.2, -0.15) is 0 Å². The van der Waals surface area contributed by atoms with Crippen LogP contribution >= 0.6 is 15.9 Å². The summed E-state index contributed by atoms with van der Waals surface area (Å²) in [7, 11) is 1.29. The molecule has 1 aromatic carbocycles. The first-order valence-corrected chi connectivity index (χ1v) is 6.86. The molecule has 1 amide bonds. The van der Waals surface area contributed by atoms with Crippen molar-refractivity contribution in [3.8, 4) is 0 Å². The molecule has 6 nitrogen and oxygen atoms in total. The summed E-state index contributed by atoms with van der Waals surface area (Å²) in [6, 6.07) is 5.03. The summed E-state index contributed by atoms with van der Waals surface area (Å²) in [6.45, 7) is 0.895. The molecule has 2 rings (SSSR count). The second-order valence-corrected chi connectivity index (χ2v) is 5.23. The lowest BCUT2D eigenvalue weighted by molar-refractivity contribution is -0.158. The van der Waals surface area contributed by atoms with E-state index in [2.05, 4.69) is 20.7 Å². The van der Waals surface area contributed by atoms with E-state index in [-0.39, 0.29) is 12.5 Å². The number of nitrogens with zero attached hydrogens (tertiary/aromatic N) is 1. The monoisotopic (exact) mass is 342 g/mol. The Morgan fingerprint density at radius 3 is 2.95 bits per heavy atom. The van der Waals surface area contributed by atoms with Crippen LogP contribution in [-0.4, -0.2) is 49.7 Å². The second kappa shape index (κ2) is 6.23. The highest BCUT2D eigenvalue weighted by molar-refractivity contribution is 9.10. The Kier molecular flexibility index (Phi) is 4.61. The summed E-state index contributed by atoms with van der Waals surface area (Å²) in [4.78, 5) is 25.5. The number of methoxy groups -OCH3 is 1. The van der Waals surface area contributed by atoms with Crippen molar-refractivity contribution in [2.24, 2.45) is 0 Å². The van der Waals surface area contributed by atoms with Crippen LogP contribution in [0.4, 0.5) is 5.69 Å². The molecule has 0 aromatic heterocycles. The Morgan fingerprint density at radius 2 is 2.25 bits per heavy atom. The molecule has 0 bridgehead atoms. The number of nitrogens with two attached hydrogens (primary N) is 1. The first kappa shape index (κ1) is 14.8. The zero-order valence-electron chi connectivity index (χ0n) is 11.0. The van der Waals surface area contributed by atoms with Gasteiger partial charge in [-0.15, -0.1) is 0 Å². The van der Waals surface area contributed by atoms with Crippen molar-refractivity contribution in [3.05, 3.63) is 28.2 Å². The van der Waals surface area contributed by atoms with Crippen molar-refractivity contribution in [1.29, 1.82) is 0 Å². The van der Waals surface area contributed by atoms with E-state index in [0.717, 1.165) is 0 Å². The van der Waals surface area contributed by atoms with Crippen molar-refractivity contribution in [2.45, 2.75) is 6.10 Å². The van der Waals surface area contributed by atoms with E-state index in [4.69, 9.17) is 10.5 Å². The van der Waals surface area contributed by atoms with Crippen LogP contribution in [0.3, 0.4) is 0 Å². The van der Waals surface area contributed by atoms with Gasteiger partial charge in [-0.1, -0.05) is 0 Å². The predicted molar refractivity (Wildman–Crippen MR) is 76.2 cm³/mol. The summed E-state index contributed by atoms with van der Waals surface area (Å²) in [5.74, 6) is -0.671. The summed E-state index contributed by atoms with van der Waals surface area (Å²) in [6.07, 6.45) is -0.738. The van der Waals surface area contributed by atoms with Gasteiger partial charge in [0.05, 0.1) is 25.8 Å². The number of hydrogen-bond acceptors (Lipinski definition) is 5. The fraction of sp³-hybridized carbons (Fsp3) is 0.385. The number of ether oxygens (including phenoxy) is 2. The third-order valence-electron chi connectivity index (χ3n) is 3.04. The van der Waals surface area contributed by atoms with Crippen molar-refractivity contribution >= 4 is 33.5 Å². The highest BCUT2D eigenvalue weighted by Crippen LogP contribution is 2.22. The number of rotatable bonds is 2. The van der Waals surface area contributed by atoms with E-state index in [9.17, 15) is 9.59 Å². The molecule has 0 saturated carbocycles. The third kappa shape index (κ3) is 3.10. The Labute approximate surface area is 124 Å². The molecule has 20 heavy (non-hydrogen) atoms. The number of carbonyl (C=O) groups excluding carboxylic acids is 2. The molecular formula is C13H15BrN2O4. The molecule has 1 saturated heterocycles. The summed E-state index contributed by atoms with van der Waals surface area (Å²) >= 11 is 3.33. The molecule has 1 aliphatic heterocycles. The molecule has 108 valence electrons. The largest absolute Gasteiger partial charge is 0.467 e. The van der Waals surface area contributed by atoms with E-state index >= 15 is 0 Å². The van der Waals surface area contributed by atoms with Crippen LogP contribution in [0.5, 0.6) is 0 Å². The molecule has 1 atom stereocenters. The van der Waals surface area contributed by atoms with E-state index in [1.54, 1.807) is 23.1 Å². The maximum Gasteiger partial charge on any atom is 0.336 e. The van der Waals surface area contributed by atoms with Crippen molar-refractivity contribution in [1.82, 2.24) is 4.90 Å². The van der Waals surface area contributed by atoms with E-state index in [0.29, 0.717) is 28.9 Å². The third-order valence-corrected chi connectivity index (χ3v) is 3.73. The molecule has 1 aliphatic rings. The number of hydrogen-bond donors (Lipinski definition) is 1. The molecule has 1 aromatic rings. The van der Waals surface area contributed by atoms with Crippen LogP contribution in [0.15, 0.2) is 22.7 Å². The fourth-order valence-electron chi connectivity index (χ4n) is 1.98. The van der Waals surface area contributed by atoms with Crippen LogP contribution in [0.25, 0.3) is 0 Å². The van der Waals surface area contributed by atoms with Crippen molar-refractivity contribution < 1.29 is 19.1 Å². The number of benzene rings is 1. The van der Waals surface area contributed by atoms with Crippen LogP contribution in [0, 0.1) is 0 Å². The number of carbonyl (C=O) groups is 2. The van der Waals surface area contributed by atoms with Gasteiger partial charge in [-0.25, -0.2) is 4.79 Å². The first-order chi connectivity index (χ1) is 9.52. The zero-order chi connectivity index (χ0) is 14.7. The van der Waals surface area contributed by atoms with Gasteiger partial charge in [0, 0.05) is 16.7 Å². The lowest BCUT2D eigenvalue weighted by Gasteiger charge is -2.31. The highest BCUT2D eigenvalue weighted by atomic mass is 79.9. The van der Waals surface area contributed by atoms with Gasteiger partial charge in [-0.05, 0) is 34.1 Å². The molecule has 2 N–H and O–H groups in total. The van der Waals surface area contributed by atoms with Gasteiger partial charge < -0.3 is 20.1 Å². The first-order valence-electron chi connectivity index (χ1n) is 6.06. The smallest absolute Gasteiger partial charge is 0.336 e. The molecule has 0 radical (unpaired) electrons. The number of amides is 1. The number of morpholine rings is 1. The normalized spacial score (nSPS) is 18.7. The Morgan fingerprint density at radius 1 is 1.50 bits per heavy atom. The van der Waals surface area contributed by atoms with E-state index < -0.39 is 12.1 Å². The minimum atomic E-state index is -0.738. The highest BCUT2D eigenvalue weighted by Gasteiger charge is 2.30. The minimum Gasteiger partial charge on any atom is -0.467 e. The van der Waals surface area contributed by atoms with Crippen LogP contribution in [-0.2, 0) is 14.3 Å². The topological polar surface area (TPSA) is 81.9 Å². The maximum absolute atomic E-state index is 12.5. The number of nitrogen functional groups attached to an aromatic ring is 1. The minimum absolute atomic E-state index is 0.173. The summed E-state index contributed by atoms with van der Waals surface area (Å²) < 4.78 is 10.6. The van der Waals surface area contributed by atoms with Gasteiger partial charge in [0.25, 0.3) is 5.91 Å². The van der Waals surface area contributed by atoms with Crippen molar-refractivity contribution in [2.75, 3.05) is 32.5 Å². The maximum atomic E-state index is 12.5. The number of anilines is 1.